The Bertz CT molecular complexity index is 992. The maximum absolute atomic E-state index is 13.4. The van der Waals surface area contributed by atoms with Crippen molar-refractivity contribution >= 4 is 23.2 Å². The predicted octanol–water partition coefficient (Wildman–Crippen LogP) is 3.84. The Morgan fingerprint density at radius 2 is 1.97 bits per heavy atom. The van der Waals surface area contributed by atoms with Crippen molar-refractivity contribution in [3.05, 3.63) is 52.2 Å². The summed E-state index contributed by atoms with van der Waals surface area (Å²) < 4.78 is 6.23. The van der Waals surface area contributed by atoms with Gasteiger partial charge in [-0.1, -0.05) is 37.6 Å². The first-order valence-corrected chi connectivity index (χ1v) is 11.9. The van der Waals surface area contributed by atoms with E-state index in [0.717, 1.165) is 17.7 Å². The molecule has 0 unspecified atom stereocenters. The molecular formula is C24H27NO5S. The van der Waals surface area contributed by atoms with Crippen molar-refractivity contribution in [1.29, 1.82) is 0 Å². The quantitative estimate of drug-likeness (QED) is 0.689. The number of carbonyl (C=O) groups is 2. The van der Waals surface area contributed by atoms with Crippen molar-refractivity contribution in [2.24, 2.45) is 23.7 Å². The molecule has 2 amide bonds. The van der Waals surface area contributed by atoms with Gasteiger partial charge in [-0.3, -0.25) is 14.5 Å². The Balaban J connectivity index is 1.49. The molecule has 6 atom stereocenters. The highest BCUT2D eigenvalue weighted by atomic mass is 32.1. The van der Waals surface area contributed by atoms with E-state index in [1.807, 2.05) is 30.5 Å². The van der Waals surface area contributed by atoms with Crippen molar-refractivity contribution in [2.75, 3.05) is 0 Å². The predicted molar refractivity (Wildman–Crippen MR) is 115 cm³/mol. The summed E-state index contributed by atoms with van der Waals surface area (Å²) in [5.41, 5.74) is 0.615. The van der Waals surface area contributed by atoms with Crippen LogP contribution in [0.25, 0.3) is 0 Å². The highest BCUT2D eigenvalue weighted by molar-refractivity contribution is 7.09. The van der Waals surface area contributed by atoms with Gasteiger partial charge in [-0.2, -0.15) is 0 Å². The molecule has 0 radical (unpaired) electrons. The fraction of sp³-hybridized carbons (Fsp3) is 0.500. The van der Waals surface area contributed by atoms with Crippen LogP contribution in [0, 0.1) is 23.7 Å². The molecule has 1 aromatic heterocycles. The van der Waals surface area contributed by atoms with Crippen molar-refractivity contribution in [2.45, 2.75) is 51.0 Å². The Labute approximate surface area is 185 Å². The minimum Gasteiger partial charge on any atom is -0.508 e. The van der Waals surface area contributed by atoms with Crippen molar-refractivity contribution in [3.63, 3.8) is 0 Å². The van der Waals surface area contributed by atoms with Gasteiger partial charge in [0.25, 0.3) is 0 Å². The van der Waals surface area contributed by atoms with E-state index in [4.69, 9.17) is 4.74 Å². The maximum atomic E-state index is 13.4. The van der Waals surface area contributed by atoms with Gasteiger partial charge in [0.05, 0.1) is 24.5 Å². The highest BCUT2D eigenvalue weighted by Gasteiger charge is 2.66. The zero-order chi connectivity index (χ0) is 21.8. The summed E-state index contributed by atoms with van der Waals surface area (Å²) in [6, 6.07) is 10.8. The lowest BCUT2D eigenvalue weighted by Gasteiger charge is -2.44. The monoisotopic (exact) mass is 441 g/mol. The molecular weight excluding hydrogens is 414 g/mol. The molecule has 1 aromatic carbocycles. The van der Waals surface area contributed by atoms with E-state index in [-0.39, 0.29) is 30.0 Å². The molecule has 1 saturated carbocycles. The number of rotatable bonds is 5. The van der Waals surface area contributed by atoms with Crippen LogP contribution in [0.5, 0.6) is 5.75 Å². The second-order valence-electron chi connectivity index (χ2n) is 8.95. The molecule has 3 heterocycles. The van der Waals surface area contributed by atoms with Crippen LogP contribution in [-0.2, 0) is 20.9 Å². The number of nitrogens with zero attached hydrogens (tertiary/aromatic N) is 1. The summed E-state index contributed by atoms with van der Waals surface area (Å²) in [7, 11) is 0. The number of amides is 2. The fourth-order valence-electron chi connectivity index (χ4n) is 5.89. The van der Waals surface area contributed by atoms with Crippen molar-refractivity contribution < 1.29 is 24.5 Å². The van der Waals surface area contributed by atoms with Gasteiger partial charge in [0.2, 0.25) is 11.8 Å². The lowest BCUT2D eigenvalue weighted by atomic mass is 9.63. The molecule has 31 heavy (non-hydrogen) atoms. The second kappa shape index (κ2) is 7.73. The number of para-hydroxylation sites is 1. The number of thiophene rings is 1. The van der Waals surface area contributed by atoms with Crippen LogP contribution in [0.2, 0.25) is 0 Å². The number of likely N-dealkylation sites (tertiary alicyclic amines) is 1. The number of phenols is 1. The number of phenolic OH excluding ortho intramolecular Hbond substituents is 1. The maximum Gasteiger partial charge on any atom is 0.233 e. The molecule has 1 aliphatic carbocycles. The lowest BCUT2D eigenvalue weighted by Crippen LogP contribution is -2.53. The normalized spacial score (nSPS) is 34.8. The Morgan fingerprint density at radius 3 is 2.68 bits per heavy atom. The van der Waals surface area contributed by atoms with Crippen LogP contribution in [0.4, 0.5) is 0 Å². The third kappa shape index (κ3) is 3.22. The first-order chi connectivity index (χ1) is 14.9. The SMILES string of the molecule is CCC[C@H]1C[C@@H]2C(=O)N(Cc3cccs3)C(=O)[C@@H]2[C@@H]2C[C@@H](c3ccccc3O)O[C@]12O. The summed E-state index contributed by atoms with van der Waals surface area (Å²) in [6.07, 6.45) is 1.91. The Hall–Kier alpha value is -2.22. The van der Waals surface area contributed by atoms with Gasteiger partial charge in [-0.25, -0.2) is 0 Å². The Kier molecular flexibility index (Phi) is 5.15. The highest BCUT2D eigenvalue weighted by Crippen LogP contribution is 2.59. The molecule has 3 fully saturated rings. The van der Waals surface area contributed by atoms with Crippen molar-refractivity contribution in [1.82, 2.24) is 4.90 Å². The van der Waals surface area contributed by atoms with Crippen LogP contribution in [0.3, 0.4) is 0 Å². The minimum absolute atomic E-state index is 0.117. The van der Waals surface area contributed by atoms with Gasteiger partial charge in [-0.15, -0.1) is 11.3 Å². The summed E-state index contributed by atoms with van der Waals surface area (Å²) in [4.78, 5) is 29.0. The van der Waals surface area contributed by atoms with Gasteiger partial charge in [0.1, 0.15) is 5.75 Å². The molecule has 6 nitrogen and oxygen atoms in total. The molecule has 0 spiro atoms. The Morgan fingerprint density at radius 1 is 1.16 bits per heavy atom. The smallest absolute Gasteiger partial charge is 0.233 e. The summed E-state index contributed by atoms with van der Waals surface area (Å²) >= 11 is 1.53. The molecule has 3 aliphatic rings. The number of aromatic hydroxyl groups is 1. The minimum atomic E-state index is -1.47. The third-order valence-electron chi connectivity index (χ3n) is 7.27. The number of benzene rings is 1. The van der Waals surface area contributed by atoms with Gasteiger partial charge >= 0.3 is 0 Å². The number of imide groups is 1. The zero-order valence-electron chi connectivity index (χ0n) is 17.4. The number of carbonyl (C=O) groups excluding carboxylic acids is 2. The number of hydrogen-bond acceptors (Lipinski definition) is 6. The molecule has 2 N–H and O–H groups in total. The summed E-state index contributed by atoms with van der Waals surface area (Å²) in [6.45, 7) is 2.33. The molecule has 2 saturated heterocycles. The van der Waals surface area contributed by atoms with E-state index in [1.54, 1.807) is 18.2 Å². The number of hydrogen-bond donors (Lipinski definition) is 2. The zero-order valence-corrected chi connectivity index (χ0v) is 18.3. The van der Waals surface area contributed by atoms with Crippen LogP contribution in [-0.4, -0.2) is 32.7 Å². The van der Waals surface area contributed by atoms with Gasteiger partial charge in [0.15, 0.2) is 5.79 Å². The van der Waals surface area contributed by atoms with E-state index >= 15 is 0 Å². The molecule has 2 aromatic rings. The summed E-state index contributed by atoms with van der Waals surface area (Å²) in [5, 5.41) is 24.0. The van der Waals surface area contributed by atoms with Crippen LogP contribution in [0.15, 0.2) is 41.8 Å². The fourth-order valence-corrected chi connectivity index (χ4v) is 6.59. The summed E-state index contributed by atoms with van der Waals surface area (Å²) in [5.74, 6) is -3.39. The van der Waals surface area contributed by atoms with Gasteiger partial charge in [-0.05, 0) is 36.8 Å². The topological polar surface area (TPSA) is 87.1 Å². The first-order valence-electron chi connectivity index (χ1n) is 11.0. The number of fused-ring (bicyclic) bond motifs is 3. The average Bonchev–Trinajstić information content (AvgIpc) is 3.44. The van der Waals surface area contributed by atoms with E-state index in [0.29, 0.717) is 18.4 Å². The van der Waals surface area contributed by atoms with Crippen LogP contribution in [0.1, 0.15) is 49.2 Å². The van der Waals surface area contributed by atoms with Crippen molar-refractivity contribution in [3.8, 4) is 5.75 Å². The molecule has 5 rings (SSSR count). The average molecular weight is 442 g/mol. The van der Waals surface area contributed by atoms with E-state index in [2.05, 4.69) is 0 Å². The molecule has 2 aliphatic heterocycles. The van der Waals surface area contributed by atoms with Gasteiger partial charge in [0, 0.05) is 22.3 Å². The lowest BCUT2D eigenvalue weighted by molar-refractivity contribution is -0.270. The van der Waals surface area contributed by atoms with E-state index < -0.39 is 29.6 Å². The largest absolute Gasteiger partial charge is 0.508 e. The first kappa shape index (κ1) is 20.7. The van der Waals surface area contributed by atoms with E-state index in [1.165, 1.54) is 16.2 Å². The van der Waals surface area contributed by atoms with Gasteiger partial charge < -0.3 is 14.9 Å². The molecule has 0 bridgehead atoms. The third-order valence-corrected chi connectivity index (χ3v) is 8.13. The van der Waals surface area contributed by atoms with E-state index in [9.17, 15) is 19.8 Å². The number of ether oxygens (including phenoxy) is 1. The molecule has 164 valence electrons. The number of aliphatic hydroxyl groups is 1. The second-order valence-corrected chi connectivity index (χ2v) is 9.99. The molecule has 7 heteroatoms. The van der Waals surface area contributed by atoms with Crippen LogP contribution < -0.4 is 0 Å². The van der Waals surface area contributed by atoms with Crippen LogP contribution >= 0.6 is 11.3 Å². The standard InChI is InChI=1S/C24H27NO5S/c1-2-6-14-11-17-21(23(28)25(22(17)27)13-15-7-5-10-31-15)18-12-20(30-24(14,18)29)16-8-3-4-9-19(16)26/h3-5,7-10,14,17-18,20-21,26,29H,2,6,11-13H2,1H3/t14-,17-,18-,20-,21-,24+/m0/s1.